The minimum absolute atomic E-state index is 0.133. The van der Waals surface area contributed by atoms with Crippen LogP contribution in [0.2, 0.25) is 0 Å². The molecule has 0 fully saturated rings. The van der Waals surface area contributed by atoms with Gasteiger partial charge in [0.15, 0.2) is 0 Å². The SMILES string of the molecule is Cn1c(COC(=O)c2cccc(I)c2)cc(=O)n(C)c1=O. The van der Waals surface area contributed by atoms with E-state index in [2.05, 4.69) is 22.6 Å². The lowest BCUT2D eigenvalue weighted by Crippen LogP contribution is -2.38. The van der Waals surface area contributed by atoms with Crippen LogP contribution >= 0.6 is 22.6 Å². The number of rotatable bonds is 3. The Balaban J connectivity index is 2.19. The third-order valence-electron chi connectivity index (χ3n) is 3.04. The first kappa shape index (κ1) is 15.5. The van der Waals surface area contributed by atoms with E-state index in [1.807, 2.05) is 6.07 Å². The van der Waals surface area contributed by atoms with Gasteiger partial charge in [-0.1, -0.05) is 6.07 Å². The molecule has 0 bridgehead atoms. The monoisotopic (exact) mass is 400 g/mol. The molecule has 1 heterocycles. The summed E-state index contributed by atoms with van der Waals surface area (Å²) in [7, 11) is 2.92. The summed E-state index contributed by atoms with van der Waals surface area (Å²) < 4.78 is 8.34. The molecule has 0 unspecified atom stereocenters. The van der Waals surface area contributed by atoms with Gasteiger partial charge < -0.3 is 4.74 Å². The zero-order chi connectivity index (χ0) is 15.6. The van der Waals surface area contributed by atoms with E-state index in [4.69, 9.17) is 4.74 Å². The van der Waals surface area contributed by atoms with E-state index in [9.17, 15) is 14.4 Å². The number of halogens is 1. The van der Waals surface area contributed by atoms with E-state index in [1.54, 1.807) is 18.2 Å². The molecule has 2 aromatic rings. The van der Waals surface area contributed by atoms with Crippen molar-refractivity contribution in [1.29, 1.82) is 0 Å². The molecular formula is C14H13IN2O4. The van der Waals surface area contributed by atoms with Crippen LogP contribution in [-0.2, 0) is 25.4 Å². The number of carbonyl (C=O) groups is 1. The van der Waals surface area contributed by atoms with E-state index < -0.39 is 17.2 Å². The van der Waals surface area contributed by atoms with Gasteiger partial charge in [-0.2, -0.15) is 0 Å². The summed E-state index contributed by atoms with van der Waals surface area (Å²) in [4.78, 5) is 35.3. The first-order chi connectivity index (χ1) is 9.90. The van der Waals surface area contributed by atoms with Gasteiger partial charge in [-0.05, 0) is 40.8 Å². The standard InChI is InChI=1S/C14H13IN2O4/c1-16-11(7-12(18)17(2)14(16)20)8-21-13(19)9-4-3-5-10(15)6-9/h3-7H,8H2,1-2H3. The predicted octanol–water partition coefficient (Wildman–Crippen LogP) is 1.05. The molecule has 1 aromatic carbocycles. The molecule has 2 rings (SSSR count). The summed E-state index contributed by atoms with van der Waals surface area (Å²) >= 11 is 2.10. The third-order valence-corrected chi connectivity index (χ3v) is 3.71. The normalized spacial score (nSPS) is 10.4. The number of benzene rings is 1. The number of hydrogen-bond acceptors (Lipinski definition) is 4. The molecule has 0 aliphatic heterocycles. The first-order valence-electron chi connectivity index (χ1n) is 6.09. The second-order valence-electron chi connectivity index (χ2n) is 4.46. The van der Waals surface area contributed by atoms with Gasteiger partial charge >= 0.3 is 11.7 Å². The number of hydrogen-bond donors (Lipinski definition) is 0. The molecule has 0 aliphatic carbocycles. The van der Waals surface area contributed by atoms with Crippen LogP contribution in [0.3, 0.4) is 0 Å². The van der Waals surface area contributed by atoms with Crippen LogP contribution in [-0.4, -0.2) is 15.1 Å². The van der Waals surface area contributed by atoms with Gasteiger partial charge in [-0.25, -0.2) is 9.59 Å². The Hall–Kier alpha value is -1.90. The maximum atomic E-state index is 11.9. The smallest absolute Gasteiger partial charge is 0.338 e. The fraction of sp³-hybridized carbons (Fsp3) is 0.214. The quantitative estimate of drug-likeness (QED) is 0.571. The zero-order valence-corrected chi connectivity index (χ0v) is 13.7. The Kier molecular flexibility index (Phi) is 4.61. The highest BCUT2D eigenvalue weighted by molar-refractivity contribution is 14.1. The summed E-state index contributed by atoms with van der Waals surface area (Å²) in [6.45, 7) is -0.133. The first-order valence-corrected chi connectivity index (χ1v) is 7.16. The molecule has 0 radical (unpaired) electrons. The molecule has 0 saturated heterocycles. The molecule has 0 saturated carbocycles. The molecule has 0 aliphatic rings. The molecule has 0 atom stereocenters. The fourth-order valence-electron chi connectivity index (χ4n) is 1.76. The molecule has 21 heavy (non-hydrogen) atoms. The highest BCUT2D eigenvalue weighted by Gasteiger charge is 2.11. The van der Waals surface area contributed by atoms with E-state index in [1.165, 1.54) is 24.7 Å². The maximum Gasteiger partial charge on any atom is 0.338 e. The van der Waals surface area contributed by atoms with Gasteiger partial charge in [0.2, 0.25) is 0 Å². The van der Waals surface area contributed by atoms with E-state index in [-0.39, 0.29) is 6.61 Å². The van der Waals surface area contributed by atoms with Gasteiger partial charge in [0.1, 0.15) is 6.61 Å². The largest absolute Gasteiger partial charge is 0.456 e. The number of aromatic nitrogens is 2. The van der Waals surface area contributed by atoms with Gasteiger partial charge in [-0.15, -0.1) is 0 Å². The molecule has 7 heteroatoms. The van der Waals surface area contributed by atoms with Crippen molar-refractivity contribution >= 4 is 28.6 Å². The summed E-state index contributed by atoms with van der Waals surface area (Å²) in [5.41, 5.74) is -0.112. The molecule has 6 nitrogen and oxygen atoms in total. The summed E-state index contributed by atoms with van der Waals surface area (Å²) in [6, 6.07) is 8.25. The Morgan fingerprint density at radius 2 is 1.90 bits per heavy atom. The van der Waals surface area contributed by atoms with E-state index in [0.717, 1.165) is 8.14 Å². The lowest BCUT2D eigenvalue weighted by molar-refractivity contribution is 0.0462. The van der Waals surface area contributed by atoms with Crippen molar-refractivity contribution in [2.24, 2.45) is 14.1 Å². The van der Waals surface area contributed by atoms with Crippen LogP contribution in [0.15, 0.2) is 39.9 Å². The van der Waals surface area contributed by atoms with Crippen molar-refractivity contribution in [3.63, 3.8) is 0 Å². The van der Waals surface area contributed by atoms with Crippen LogP contribution < -0.4 is 11.2 Å². The molecule has 0 amide bonds. The van der Waals surface area contributed by atoms with Crippen molar-refractivity contribution in [1.82, 2.24) is 9.13 Å². The Bertz CT molecular complexity index is 807. The second kappa shape index (κ2) is 6.25. The minimum atomic E-state index is -0.498. The van der Waals surface area contributed by atoms with Crippen molar-refractivity contribution in [3.8, 4) is 0 Å². The van der Waals surface area contributed by atoms with Gasteiger partial charge in [0.25, 0.3) is 5.56 Å². The molecule has 1 aromatic heterocycles. The number of ether oxygens (including phenoxy) is 1. The van der Waals surface area contributed by atoms with E-state index >= 15 is 0 Å². The second-order valence-corrected chi connectivity index (χ2v) is 5.71. The number of esters is 1. The average Bonchev–Trinajstić information content (AvgIpc) is 2.47. The van der Waals surface area contributed by atoms with Crippen LogP contribution in [0.1, 0.15) is 16.1 Å². The molecular weight excluding hydrogens is 387 g/mol. The van der Waals surface area contributed by atoms with Crippen LogP contribution in [0.4, 0.5) is 0 Å². The summed E-state index contributed by atoms with van der Waals surface area (Å²) in [6.07, 6.45) is 0. The van der Waals surface area contributed by atoms with Crippen LogP contribution in [0.5, 0.6) is 0 Å². The highest BCUT2D eigenvalue weighted by Crippen LogP contribution is 2.09. The van der Waals surface area contributed by atoms with Crippen molar-refractivity contribution in [2.45, 2.75) is 6.61 Å². The van der Waals surface area contributed by atoms with Crippen LogP contribution in [0.25, 0.3) is 0 Å². The Morgan fingerprint density at radius 1 is 1.19 bits per heavy atom. The Morgan fingerprint density at radius 3 is 2.57 bits per heavy atom. The third kappa shape index (κ3) is 3.41. The molecule has 110 valence electrons. The highest BCUT2D eigenvalue weighted by atomic mass is 127. The van der Waals surface area contributed by atoms with Crippen LogP contribution in [0, 0.1) is 3.57 Å². The zero-order valence-electron chi connectivity index (χ0n) is 11.5. The predicted molar refractivity (Wildman–Crippen MR) is 85.2 cm³/mol. The van der Waals surface area contributed by atoms with Crippen molar-refractivity contribution in [3.05, 3.63) is 66.0 Å². The lowest BCUT2D eigenvalue weighted by atomic mass is 10.2. The summed E-state index contributed by atoms with van der Waals surface area (Å²) in [5, 5.41) is 0. The van der Waals surface area contributed by atoms with Gasteiger partial charge in [0, 0.05) is 23.7 Å². The molecule has 0 spiro atoms. The van der Waals surface area contributed by atoms with Gasteiger partial charge in [0.05, 0.1) is 11.3 Å². The molecule has 0 N–H and O–H groups in total. The fourth-order valence-corrected chi connectivity index (χ4v) is 2.30. The van der Waals surface area contributed by atoms with E-state index in [0.29, 0.717) is 11.3 Å². The minimum Gasteiger partial charge on any atom is -0.456 e. The van der Waals surface area contributed by atoms with Gasteiger partial charge in [-0.3, -0.25) is 13.9 Å². The lowest BCUT2D eigenvalue weighted by Gasteiger charge is -2.10. The topological polar surface area (TPSA) is 70.3 Å². The summed E-state index contributed by atoms with van der Waals surface area (Å²) in [5.74, 6) is -0.498. The Labute approximate surface area is 134 Å². The number of carbonyl (C=O) groups excluding carboxylic acids is 1. The number of nitrogens with zero attached hydrogens (tertiary/aromatic N) is 2. The van der Waals surface area contributed by atoms with Crippen molar-refractivity contribution < 1.29 is 9.53 Å². The van der Waals surface area contributed by atoms with Crippen molar-refractivity contribution in [2.75, 3.05) is 0 Å². The average molecular weight is 400 g/mol. The maximum absolute atomic E-state index is 11.9.